The van der Waals surface area contributed by atoms with Crippen LogP contribution in [0.5, 0.6) is 5.75 Å². The molecule has 176 valence electrons. The summed E-state index contributed by atoms with van der Waals surface area (Å²) in [6.07, 6.45) is 3.49. The van der Waals surface area contributed by atoms with Crippen molar-refractivity contribution in [1.82, 2.24) is 19.2 Å². The van der Waals surface area contributed by atoms with Crippen LogP contribution in [0.3, 0.4) is 0 Å². The number of carbonyl (C=O) groups excluding carboxylic acids is 1. The van der Waals surface area contributed by atoms with Crippen molar-refractivity contribution in [2.75, 3.05) is 14.2 Å². The maximum atomic E-state index is 13.2. The maximum Gasteiger partial charge on any atom is 0.439 e. The van der Waals surface area contributed by atoms with E-state index in [9.17, 15) is 14.4 Å². The number of hydroxylamine groups is 2. The minimum absolute atomic E-state index is 0.167. The van der Waals surface area contributed by atoms with E-state index < -0.39 is 11.7 Å². The number of benzene rings is 1. The minimum Gasteiger partial charge on any atom is -0.407 e. The lowest BCUT2D eigenvalue weighted by atomic mass is 10.1. The van der Waals surface area contributed by atoms with Gasteiger partial charge < -0.3 is 4.74 Å². The minimum atomic E-state index is -0.759. The highest BCUT2D eigenvalue weighted by Gasteiger charge is 2.29. The normalized spacial score (nSPS) is 13.5. The number of aromatic nitrogens is 3. The van der Waals surface area contributed by atoms with Crippen LogP contribution in [0.15, 0.2) is 46.1 Å². The van der Waals surface area contributed by atoms with Gasteiger partial charge in [0.15, 0.2) is 5.75 Å². The number of hydrogen-bond donors (Lipinski definition) is 0. The molecule has 3 aromatic heterocycles. The van der Waals surface area contributed by atoms with E-state index in [1.807, 2.05) is 30.3 Å². The fourth-order valence-corrected chi connectivity index (χ4v) is 5.25. The highest BCUT2D eigenvalue weighted by molar-refractivity contribution is 7.19. The molecule has 9 nitrogen and oxygen atoms in total. The lowest BCUT2D eigenvalue weighted by Gasteiger charge is -2.14. The van der Waals surface area contributed by atoms with Gasteiger partial charge in [0.05, 0.1) is 17.5 Å². The quantitative estimate of drug-likeness (QED) is 0.393. The Labute approximate surface area is 198 Å². The molecular weight excluding hydrogens is 456 g/mol. The number of ether oxygens (including phenoxy) is 1. The zero-order valence-electron chi connectivity index (χ0n) is 19.1. The van der Waals surface area contributed by atoms with Crippen LogP contribution >= 0.6 is 11.3 Å². The Morgan fingerprint density at radius 2 is 2.00 bits per heavy atom. The molecule has 4 aromatic rings. The van der Waals surface area contributed by atoms with Crippen LogP contribution in [-0.2, 0) is 24.9 Å². The Bertz CT molecular complexity index is 1530. The first-order chi connectivity index (χ1) is 16.4. The fraction of sp³-hybridized carbons (Fsp3) is 0.333. The van der Waals surface area contributed by atoms with E-state index in [1.165, 1.54) is 32.5 Å². The average Bonchev–Trinajstić information content (AvgIpc) is 3.61. The van der Waals surface area contributed by atoms with Crippen LogP contribution in [0.25, 0.3) is 21.1 Å². The molecule has 0 spiro atoms. The molecule has 5 rings (SSSR count). The summed E-state index contributed by atoms with van der Waals surface area (Å²) in [4.78, 5) is 49.4. The first-order valence-corrected chi connectivity index (χ1v) is 11.8. The Morgan fingerprint density at radius 3 is 2.74 bits per heavy atom. The molecule has 1 aliphatic rings. The summed E-state index contributed by atoms with van der Waals surface area (Å²) in [7, 11) is 4.23. The van der Waals surface area contributed by atoms with Gasteiger partial charge >= 0.3 is 11.8 Å². The largest absolute Gasteiger partial charge is 0.439 e. The molecule has 0 aliphatic heterocycles. The monoisotopic (exact) mass is 480 g/mol. The molecule has 3 heterocycles. The predicted octanol–water partition coefficient (Wildman–Crippen LogP) is 3.30. The van der Waals surface area contributed by atoms with Gasteiger partial charge in [-0.2, -0.15) is 5.06 Å². The number of para-hydroxylation sites is 1. The molecule has 0 unspecified atom stereocenters. The van der Waals surface area contributed by atoms with Crippen molar-refractivity contribution in [2.45, 2.75) is 25.8 Å². The van der Waals surface area contributed by atoms with Crippen molar-refractivity contribution in [3.05, 3.63) is 67.8 Å². The van der Waals surface area contributed by atoms with E-state index in [0.717, 1.165) is 38.9 Å². The van der Waals surface area contributed by atoms with Crippen molar-refractivity contribution >= 4 is 38.5 Å². The highest BCUT2D eigenvalue weighted by atomic mass is 32.1. The van der Waals surface area contributed by atoms with Crippen molar-refractivity contribution in [3.63, 3.8) is 0 Å². The second-order valence-electron chi connectivity index (χ2n) is 8.45. The van der Waals surface area contributed by atoms with Gasteiger partial charge in [0.1, 0.15) is 10.2 Å². The second-order valence-corrected chi connectivity index (χ2v) is 9.53. The zero-order valence-corrected chi connectivity index (χ0v) is 19.9. The van der Waals surface area contributed by atoms with Crippen molar-refractivity contribution in [3.8, 4) is 5.75 Å². The molecular formula is C24H24N4O5S. The summed E-state index contributed by atoms with van der Waals surface area (Å²) in [6.45, 7) is 0.535. The van der Waals surface area contributed by atoms with E-state index >= 15 is 0 Å². The molecule has 1 aliphatic carbocycles. The molecule has 0 N–H and O–H groups in total. The molecule has 1 saturated carbocycles. The molecule has 10 heteroatoms. The van der Waals surface area contributed by atoms with Crippen LogP contribution in [0, 0.1) is 5.92 Å². The lowest BCUT2D eigenvalue weighted by Crippen LogP contribution is -2.38. The van der Waals surface area contributed by atoms with Crippen LogP contribution in [0.4, 0.5) is 4.79 Å². The predicted molar refractivity (Wildman–Crippen MR) is 129 cm³/mol. The smallest absolute Gasteiger partial charge is 0.407 e. The number of amides is 1. The van der Waals surface area contributed by atoms with Crippen LogP contribution in [-0.4, -0.2) is 39.4 Å². The average molecular weight is 481 g/mol. The molecule has 0 radical (unpaired) electrons. The van der Waals surface area contributed by atoms with Gasteiger partial charge in [0, 0.05) is 38.6 Å². The molecule has 1 fully saturated rings. The SMILES string of the molecule is CON(C)C(=O)Oc1c(Cc2ccnc3ccccc23)sc2c1c(=O)n(C)c(=O)n2CC1CC1. The lowest BCUT2D eigenvalue weighted by molar-refractivity contribution is -0.0789. The van der Waals surface area contributed by atoms with Crippen molar-refractivity contribution < 1.29 is 14.4 Å². The number of fused-ring (bicyclic) bond motifs is 2. The number of rotatable bonds is 6. The maximum absolute atomic E-state index is 13.2. The Morgan fingerprint density at radius 1 is 1.24 bits per heavy atom. The van der Waals surface area contributed by atoms with Crippen LogP contribution < -0.4 is 16.0 Å². The first kappa shape index (κ1) is 22.3. The number of nitrogens with zero attached hydrogens (tertiary/aromatic N) is 4. The molecule has 1 amide bonds. The van der Waals surface area contributed by atoms with E-state index in [0.29, 0.717) is 28.6 Å². The Kier molecular flexibility index (Phi) is 5.70. The van der Waals surface area contributed by atoms with Crippen molar-refractivity contribution in [1.29, 1.82) is 0 Å². The third kappa shape index (κ3) is 3.88. The fourth-order valence-electron chi connectivity index (χ4n) is 4.00. The molecule has 0 saturated heterocycles. The Hall–Kier alpha value is -3.50. The number of thiophene rings is 1. The van der Waals surface area contributed by atoms with Crippen LogP contribution in [0.2, 0.25) is 0 Å². The van der Waals surface area contributed by atoms with Crippen LogP contribution in [0.1, 0.15) is 23.3 Å². The zero-order chi connectivity index (χ0) is 24.0. The van der Waals surface area contributed by atoms with Gasteiger partial charge in [-0.3, -0.25) is 23.8 Å². The van der Waals surface area contributed by atoms with E-state index in [1.54, 1.807) is 10.8 Å². The summed E-state index contributed by atoms with van der Waals surface area (Å²) in [5.74, 6) is 0.582. The molecule has 1 aromatic carbocycles. The van der Waals surface area contributed by atoms with Gasteiger partial charge in [-0.1, -0.05) is 18.2 Å². The Balaban J connectivity index is 1.73. The molecule has 0 atom stereocenters. The number of hydrogen-bond acceptors (Lipinski definition) is 7. The second kappa shape index (κ2) is 8.69. The van der Waals surface area contributed by atoms with Crippen molar-refractivity contribution in [2.24, 2.45) is 13.0 Å². The van der Waals surface area contributed by atoms with Gasteiger partial charge in [-0.05, 0) is 36.5 Å². The highest BCUT2D eigenvalue weighted by Crippen LogP contribution is 2.39. The summed E-state index contributed by atoms with van der Waals surface area (Å²) in [6, 6.07) is 9.69. The summed E-state index contributed by atoms with van der Waals surface area (Å²) in [5, 5.41) is 2.15. The van der Waals surface area contributed by atoms with Gasteiger partial charge in [-0.25, -0.2) is 9.59 Å². The summed E-state index contributed by atoms with van der Waals surface area (Å²) >= 11 is 1.31. The first-order valence-electron chi connectivity index (χ1n) is 11.0. The molecule has 34 heavy (non-hydrogen) atoms. The topological polar surface area (TPSA) is 95.7 Å². The van der Waals surface area contributed by atoms with Gasteiger partial charge in [0.2, 0.25) is 0 Å². The molecule has 0 bridgehead atoms. The number of pyridine rings is 1. The van der Waals surface area contributed by atoms with E-state index in [2.05, 4.69) is 4.98 Å². The summed E-state index contributed by atoms with van der Waals surface area (Å²) in [5.41, 5.74) is 0.971. The third-order valence-electron chi connectivity index (χ3n) is 6.14. The summed E-state index contributed by atoms with van der Waals surface area (Å²) < 4.78 is 8.44. The van der Waals surface area contributed by atoms with Gasteiger partial charge in [0.25, 0.3) is 5.56 Å². The van der Waals surface area contributed by atoms with Gasteiger partial charge in [-0.15, -0.1) is 11.3 Å². The standard InChI is InChI=1S/C24H24N4O5S/c1-26-21(29)19-20(33-24(31)27(2)32-3)18(34-22(19)28(23(26)30)13-14-8-9-14)12-15-10-11-25-17-7-5-4-6-16(15)17/h4-7,10-11,14H,8-9,12-13H2,1-3H3. The third-order valence-corrected chi connectivity index (χ3v) is 7.34. The number of carbonyl (C=O) groups is 1. The van der Waals surface area contributed by atoms with E-state index in [-0.39, 0.29) is 16.8 Å². The van der Waals surface area contributed by atoms with E-state index in [4.69, 9.17) is 9.57 Å².